The number of hydrogen-bond donors (Lipinski definition) is 2. The van der Waals surface area contributed by atoms with Crippen LogP contribution in [0.15, 0.2) is 0 Å². The minimum Gasteiger partial charge on any atom is -0.373 e. The van der Waals surface area contributed by atoms with Gasteiger partial charge in [0.1, 0.15) is 24.1 Å². The van der Waals surface area contributed by atoms with Gasteiger partial charge in [0.2, 0.25) is 0 Å². The summed E-state index contributed by atoms with van der Waals surface area (Å²) in [6.45, 7) is 0.867. The zero-order chi connectivity index (χ0) is 15.5. The Labute approximate surface area is 121 Å². The van der Waals surface area contributed by atoms with Gasteiger partial charge in [0.25, 0.3) is 0 Å². The monoisotopic (exact) mass is 304 g/mol. The van der Waals surface area contributed by atoms with Crippen molar-refractivity contribution in [3.8, 4) is 0 Å². The number of rotatable bonds is 7. The molecular weight excluding hydrogens is 285 g/mol. The van der Waals surface area contributed by atoms with Crippen molar-refractivity contribution >= 4 is 11.6 Å². The topological polar surface area (TPSA) is 59.1 Å². The molecule has 5 nitrogen and oxygen atoms in total. The van der Waals surface area contributed by atoms with Crippen molar-refractivity contribution in [3.63, 3.8) is 0 Å². The molecule has 1 aromatic heterocycles. The molecule has 0 radical (unpaired) electrons. The predicted octanol–water partition coefficient (Wildman–Crippen LogP) is 2.69. The Morgan fingerprint density at radius 3 is 2.48 bits per heavy atom. The molecule has 0 unspecified atom stereocenters. The zero-order valence-corrected chi connectivity index (χ0v) is 12.0. The fraction of sp³-hybridized carbons (Fsp3) is 0.692. The summed E-state index contributed by atoms with van der Waals surface area (Å²) in [7, 11) is 1.78. The molecule has 1 saturated carbocycles. The number of ether oxygens (including phenoxy) is 1. The van der Waals surface area contributed by atoms with E-state index in [-0.39, 0.29) is 13.2 Å². The van der Waals surface area contributed by atoms with Gasteiger partial charge in [-0.2, -0.15) is 13.2 Å². The van der Waals surface area contributed by atoms with Crippen molar-refractivity contribution in [2.45, 2.75) is 31.9 Å². The maximum absolute atomic E-state index is 11.9. The lowest BCUT2D eigenvalue weighted by Gasteiger charge is -2.14. The largest absolute Gasteiger partial charge is 0.411 e. The van der Waals surface area contributed by atoms with Crippen molar-refractivity contribution in [1.29, 1.82) is 0 Å². The molecule has 8 heteroatoms. The van der Waals surface area contributed by atoms with Crippen LogP contribution in [0.25, 0.3) is 0 Å². The van der Waals surface area contributed by atoms with E-state index < -0.39 is 12.8 Å². The molecule has 1 aliphatic rings. The summed E-state index contributed by atoms with van der Waals surface area (Å²) in [5.74, 6) is 2.57. The van der Waals surface area contributed by atoms with Crippen LogP contribution in [-0.2, 0) is 4.74 Å². The highest BCUT2D eigenvalue weighted by molar-refractivity contribution is 5.57. The highest BCUT2D eigenvalue weighted by Crippen LogP contribution is 2.39. The first kappa shape index (κ1) is 15.8. The third-order valence-corrected chi connectivity index (χ3v) is 3.15. The minimum absolute atomic E-state index is 0.0311. The summed E-state index contributed by atoms with van der Waals surface area (Å²) in [6, 6.07) is 0. The average Bonchev–Trinajstić information content (AvgIpc) is 3.23. The summed E-state index contributed by atoms with van der Waals surface area (Å²) in [4.78, 5) is 8.90. The minimum atomic E-state index is -4.29. The first-order valence-electron chi connectivity index (χ1n) is 6.85. The average molecular weight is 304 g/mol. The number of alkyl halides is 3. The number of nitrogens with zero attached hydrogens (tertiary/aromatic N) is 2. The van der Waals surface area contributed by atoms with Gasteiger partial charge < -0.3 is 15.4 Å². The molecule has 0 aromatic carbocycles. The standard InChI is InChI=1S/C13H19F3N4O/c1-8-10(17-2)19-12(9-3-4-9)20-11(8)18-5-6-21-7-13(14,15)16/h9H,3-7H2,1-2H3,(H2,17,18,19,20). The van der Waals surface area contributed by atoms with Crippen LogP contribution in [0.4, 0.5) is 24.8 Å². The molecular formula is C13H19F3N4O. The van der Waals surface area contributed by atoms with E-state index in [2.05, 4.69) is 25.3 Å². The van der Waals surface area contributed by atoms with Gasteiger partial charge in [-0.25, -0.2) is 9.97 Å². The molecule has 0 aliphatic heterocycles. The van der Waals surface area contributed by atoms with Gasteiger partial charge in [-0.15, -0.1) is 0 Å². The lowest BCUT2D eigenvalue weighted by atomic mass is 10.2. The van der Waals surface area contributed by atoms with Crippen molar-refractivity contribution in [3.05, 3.63) is 11.4 Å². The van der Waals surface area contributed by atoms with Crippen LogP contribution in [0, 0.1) is 6.92 Å². The molecule has 0 saturated heterocycles. The second-order valence-corrected chi connectivity index (χ2v) is 5.02. The molecule has 0 amide bonds. The van der Waals surface area contributed by atoms with E-state index in [4.69, 9.17) is 0 Å². The Morgan fingerprint density at radius 1 is 1.24 bits per heavy atom. The van der Waals surface area contributed by atoms with Crippen molar-refractivity contribution in [2.75, 3.05) is 37.4 Å². The lowest BCUT2D eigenvalue weighted by molar-refractivity contribution is -0.172. The number of halogens is 3. The van der Waals surface area contributed by atoms with Crippen LogP contribution < -0.4 is 10.6 Å². The number of nitrogens with one attached hydrogen (secondary N) is 2. The Bertz CT molecular complexity index is 489. The molecule has 0 atom stereocenters. The molecule has 1 aromatic rings. The van der Waals surface area contributed by atoms with Crippen LogP contribution in [0.2, 0.25) is 0 Å². The van der Waals surface area contributed by atoms with Crippen LogP contribution in [-0.4, -0.2) is 43.0 Å². The van der Waals surface area contributed by atoms with Crippen LogP contribution in [0.1, 0.15) is 30.1 Å². The van der Waals surface area contributed by atoms with Gasteiger partial charge in [0.15, 0.2) is 0 Å². The van der Waals surface area contributed by atoms with Gasteiger partial charge in [-0.3, -0.25) is 0 Å². The molecule has 0 spiro atoms. The van der Waals surface area contributed by atoms with Crippen LogP contribution in [0.5, 0.6) is 0 Å². The van der Waals surface area contributed by atoms with Crippen molar-refractivity contribution in [1.82, 2.24) is 9.97 Å². The lowest BCUT2D eigenvalue weighted by Crippen LogP contribution is -2.20. The summed E-state index contributed by atoms with van der Waals surface area (Å²) in [5, 5.41) is 6.02. The quantitative estimate of drug-likeness (QED) is 0.759. The maximum Gasteiger partial charge on any atom is 0.411 e. The second kappa shape index (κ2) is 6.46. The van der Waals surface area contributed by atoms with E-state index in [1.54, 1.807) is 7.05 Å². The molecule has 1 fully saturated rings. The first-order valence-corrected chi connectivity index (χ1v) is 6.85. The van der Waals surface area contributed by atoms with E-state index in [9.17, 15) is 13.2 Å². The maximum atomic E-state index is 11.9. The van der Waals surface area contributed by atoms with E-state index in [1.165, 1.54) is 0 Å². The predicted molar refractivity (Wildman–Crippen MR) is 73.7 cm³/mol. The number of aromatic nitrogens is 2. The summed E-state index contributed by atoms with van der Waals surface area (Å²) in [5.41, 5.74) is 0.845. The van der Waals surface area contributed by atoms with E-state index in [1.807, 2.05) is 6.92 Å². The highest BCUT2D eigenvalue weighted by atomic mass is 19.4. The SMILES string of the molecule is CNc1nc(C2CC2)nc(NCCOCC(F)(F)F)c1C. The third-order valence-electron chi connectivity index (χ3n) is 3.15. The Morgan fingerprint density at radius 2 is 1.90 bits per heavy atom. The van der Waals surface area contributed by atoms with Crippen molar-refractivity contribution in [2.24, 2.45) is 0 Å². The molecule has 0 bridgehead atoms. The van der Waals surface area contributed by atoms with Gasteiger partial charge in [0.05, 0.1) is 6.61 Å². The molecule has 21 heavy (non-hydrogen) atoms. The number of hydrogen-bond acceptors (Lipinski definition) is 5. The molecule has 118 valence electrons. The fourth-order valence-electron chi connectivity index (χ4n) is 1.90. The Kier molecular flexibility index (Phi) is 4.87. The molecule has 2 rings (SSSR count). The molecule has 1 heterocycles. The van der Waals surface area contributed by atoms with E-state index >= 15 is 0 Å². The third kappa shape index (κ3) is 4.73. The van der Waals surface area contributed by atoms with E-state index in [0.29, 0.717) is 11.7 Å². The van der Waals surface area contributed by atoms with Gasteiger partial charge in [-0.05, 0) is 19.8 Å². The summed E-state index contributed by atoms with van der Waals surface area (Å²) in [6.07, 6.45) is -2.12. The van der Waals surface area contributed by atoms with E-state index in [0.717, 1.165) is 30.0 Å². The smallest absolute Gasteiger partial charge is 0.373 e. The Hall–Kier alpha value is -1.57. The summed E-state index contributed by atoms with van der Waals surface area (Å²) < 4.78 is 40.4. The molecule has 1 aliphatic carbocycles. The normalized spacial score (nSPS) is 15.1. The van der Waals surface area contributed by atoms with Gasteiger partial charge in [-0.1, -0.05) is 0 Å². The fourth-order valence-corrected chi connectivity index (χ4v) is 1.90. The number of anilines is 2. The first-order chi connectivity index (χ1) is 9.90. The van der Waals surface area contributed by atoms with Gasteiger partial charge in [0, 0.05) is 25.1 Å². The van der Waals surface area contributed by atoms with Crippen LogP contribution in [0.3, 0.4) is 0 Å². The van der Waals surface area contributed by atoms with Crippen molar-refractivity contribution < 1.29 is 17.9 Å². The summed E-state index contributed by atoms with van der Waals surface area (Å²) >= 11 is 0. The van der Waals surface area contributed by atoms with Crippen LogP contribution >= 0.6 is 0 Å². The second-order valence-electron chi connectivity index (χ2n) is 5.02. The van der Waals surface area contributed by atoms with Gasteiger partial charge >= 0.3 is 6.18 Å². The Balaban J connectivity index is 1.91. The zero-order valence-electron chi connectivity index (χ0n) is 12.0. The molecule has 2 N–H and O–H groups in total. The highest BCUT2D eigenvalue weighted by Gasteiger charge is 2.28.